The van der Waals surface area contributed by atoms with Crippen molar-refractivity contribution in [2.45, 2.75) is 39.2 Å². The lowest BCUT2D eigenvalue weighted by Crippen LogP contribution is -2.41. The fourth-order valence-corrected chi connectivity index (χ4v) is 3.18. The van der Waals surface area contributed by atoms with Gasteiger partial charge in [0.2, 0.25) is 0 Å². The first-order valence-electron chi connectivity index (χ1n) is 8.01. The molecule has 0 atom stereocenters. The topological polar surface area (TPSA) is 20.2 Å². The summed E-state index contributed by atoms with van der Waals surface area (Å²) in [7, 11) is 0. The predicted molar refractivity (Wildman–Crippen MR) is 89.6 cm³/mol. The second-order valence-corrected chi connectivity index (χ2v) is 5.89. The minimum Gasteiger partial charge on any atom is -0.371 e. The number of hydrogen-bond acceptors (Lipinski definition) is 2. The summed E-state index contributed by atoms with van der Waals surface area (Å²) in [5.41, 5.74) is 7.78. The van der Waals surface area contributed by atoms with E-state index in [1.54, 1.807) is 0 Å². The van der Waals surface area contributed by atoms with Gasteiger partial charge in [-0.3, -0.25) is 4.68 Å². The first-order chi connectivity index (χ1) is 10.3. The van der Waals surface area contributed by atoms with Crippen LogP contribution in [-0.4, -0.2) is 23.8 Å². The Bertz CT molecular complexity index is 580. The van der Waals surface area contributed by atoms with Crippen LogP contribution in [0.2, 0.25) is 0 Å². The van der Waals surface area contributed by atoms with E-state index >= 15 is 0 Å². The van der Waals surface area contributed by atoms with Gasteiger partial charge in [-0.25, -0.2) is 0 Å². The molecule has 0 amide bonds. The minimum absolute atomic E-state index is 0.570. The first-order valence-corrected chi connectivity index (χ1v) is 8.01. The highest BCUT2D eigenvalue weighted by molar-refractivity contribution is 5.54. The Balaban J connectivity index is 1.61. The average molecular weight is 283 g/mol. The van der Waals surface area contributed by atoms with Crippen molar-refractivity contribution in [3.63, 3.8) is 0 Å². The van der Waals surface area contributed by atoms with Gasteiger partial charge in [0.15, 0.2) is 0 Å². The van der Waals surface area contributed by atoms with Gasteiger partial charge >= 0.3 is 0 Å². The average Bonchev–Trinajstić information content (AvgIpc) is 2.93. The molecule has 0 spiro atoms. The van der Waals surface area contributed by atoms with Crippen LogP contribution >= 0.6 is 0 Å². The first kappa shape index (κ1) is 14.1. The molecule has 0 aliphatic carbocycles. The second-order valence-electron chi connectivity index (χ2n) is 5.89. The van der Waals surface area contributed by atoms with E-state index in [1.165, 1.54) is 29.8 Å². The quantitative estimate of drug-likeness (QED) is 0.925. The van der Waals surface area contributed by atoms with Crippen LogP contribution in [0.1, 0.15) is 31.0 Å². The number of nitrogens with zero attached hydrogens (tertiary/aromatic N) is 2. The van der Waals surface area contributed by atoms with E-state index in [0.29, 0.717) is 6.04 Å². The van der Waals surface area contributed by atoms with Crippen molar-refractivity contribution in [1.82, 2.24) is 4.68 Å². The highest BCUT2D eigenvalue weighted by Crippen LogP contribution is 2.24. The van der Waals surface area contributed by atoms with Gasteiger partial charge in [-0.05, 0) is 49.9 Å². The highest BCUT2D eigenvalue weighted by atomic mass is 15.4. The van der Waals surface area contributed by atoms with Gasteiger partial charge in [-0.1, -0.05) is 25.1 Å². The highest BCUT2D eigenvalue weighted by Gasteiger charge is 2.20. The molecule has 3 rings (SSSR count). The molecule has 3 nitrogen and oxygen atoms in total. The smallest absolute Gasteiger partial charge is 0.0458 e. The van der Waals surface area contributed by atoms with Crippen molar-refractivity contribution in [2.24, 2.45) is 0 Å². The molecule has 1 saturated heterocycles. The standard InChI is InChI=1S/C18H25N3/c1-3-16-8-4-5-9-18(16)20-13-10-17(11-14-20)19-21-12-6-7-15(21)2/h4-9,12,17,19H,3,10-11,13-14H2,1-2H3. The molecule has 3 heteroatoms. The Morgan fingerprint density at radius 2 is 1.86 bits per heavy atom. The van der Waals surface area contributed by atoms with Gasteiger partial charge in [0.05, 0.1) is 0 Å². The zero-order chi connectivity index (χ0) is 14.7. The van der Waals surface area contributed by atoms with Crippen LogP contribution in [0.3, 0.4) is 0 Å². The van der Waals surface area contributed by atoms with Crippen LogP contribution < -0.4 is 10.3 Å². The minimum atomic E-state index is 0.570. The molecule has 1 N–H and O–H groups in total. The molecule has 2 aromatic rings. The summed E-state index contributed by atoms with van der Waals surface area (Å²) in [5.74, 6) is 0. The van der Waals surface area contributed by atoms with Gasteiger partial charge in [-0.15, -0.1) is 0 Å². The molecule has 0 bridgehead atoms. The Kier molecular flexibility index (Phi) is 4.18. The van der Waals surface area contributed by atoms with Crippen LogP contribution in [0.25, 0.3) is 0 Å². The zero-order valence-corrected chi connectivity index (χ0v) is 13.0. The molecular weight excluding hydrogens is 258 g/mol. The Morgan fingerprint density at radius 3 is 2.52 bits per heavy atom. The van der Waals surface area contributed by atoms with Crippen molar-refractivity contribution >= 4 is 5.69 Å². The fraction of sp³-hybridized carbons (Fsp3) is 0.444. The summed E-state index contributed by atoms with van der Waals surface area (Å²) in [6.07, 6.45) is 5.59. The fourth-order valence-electron chi connectivity index (χ4n) is 3.18. The Morgan fingerprint density at radius 1 is 1.10 bits per heavy atom. The summed E-state index contributed by atoms with van der Waals surface area (Å²) in [5, 5.41) is 0. The third-order valence-corrected chi connectivity index (χ3v) is 4.48. The number of rotatable bonds is 4. The summed E-state index contributed by atoms with van der Waals surface area (Å²) in [6, 6.07) is 13.6. The maximum absolute atomic E-state index is 3.62. The molecule has 0 unspecified atom stereocenters. The van der Waals surface area contributed by atoms with E-state index in [4.69, 9.17) is 0 Å². The summed E-state index contributed by atoms with van der Waals surface area (Å²) in [4.78, 5) is 2.54. The maximum atomic E-state index is 3.62. The lowest BCUT2D eigenvalue weighted by molar-refractivity contribution is 0.491. The van der Waals surface area contributed by atoms with Crippen molar-refractivity contribution in [3.05, 3.63) is 53.9 Å². The molecule has 1 aliphatic heterocycles. The SMILES string of the molecule is CCc1ccccc1N1CCC(Nn2cccc2C)CC1. The van der Waals surface area contributed by atoms with E-state index in [1.807, 2.05) is 0 Å². The molecule has 0 saturated carbocycles. The number of aromatic nitrogens is 1. The van der Waals surface area contributed by atoms with E-state index in [0.717, 1.165) is 19.5 Å². The number of hydrogen-bond donors (Lipinski definition) is 1. The summed E-state index contributed by atoms with van der Waals surface area (Å²) in [6.45, 7) is 6.64. The van der Waals surface area contributed by atoms with Crippen molar-refractivity contribution in [1.29, 1.82) is 0 Å². The van der Waals surface area contributed by atoms with Crippen molar-refractivity contribution < 1.29 is 0 Å². The Labute approximate surface area is 127 Å². The number of aryl methyl sites for hydroxylation is 2. The van der Waals surface area contributed by atoms with Gasteiger partial charge < -0.3 is 10.3 Å². The normalized spacial score (nSPS) is 16.2. The monoisotopic (exact) mass is 283 g/mol. The predicted octanol–water partition coefficient (Wildman–Crippen LogP) is 3.57. The van der Waals surface area contributed by atoms with Crippen LogP contribution in [0, 0.1) is 6.92 Å². The largest absolute Gasteiger partial charge is 0.371 e. The molecule has 0 radical (unpaired) electrons. The van der Waals surface area contributed by atoms with Crippen LogP contribution in [-0.2, 0) is 6.42 Å². The molecule has 1 aliphatic rings. The number of piperidine rings is 1. The van der Waals surface area contributed by atoms with Crippen LogP contribution in [0.4, 0.5) is 5.69 Å². The number of nitrogens with one attached hydrogen (secondary N) is 1. The molecule has 112 valence electrons. The van der Waals surface area contributed by atoms with Gasteiger partial charge in [0.25, 0.3) is 0 Å². The van der Waals surface area contributed by atoms with Crippen LogP contribution in [0.5, 0.6) is 0 Å². The van der Waals surface area contributed by atoms with Crippen molar-refractivity contribution in [3.8, 4) is 0 Å². The number of anilines is 1. The Hall–Kier alpha value is -1.90. The zero-order valence-electron chi connectivity index (χ0n) is 13.0. The lowest BCUT2D eigenvalue weighted by Gasteiger charge is -2.35. The molecular formula is C18H25N3. The molecule has 21 heavy (non-hydrogen) atoms. The second kappa shape index (κ2) is 6.25. The summed E-state index contributed by atoms with van der Waals surface area (Å²) >= 11 is 0. The molecule has 1 aromatic heterocycles. The van der Waals surface area contributed by atoms with Gasteiger partial charge in [-0.2, -0.15) is 0 Å². The van der Waals surface area contributed by atoms with Crippen LogP contribution in [0.15, 0.2) is 42.6 Å². The number of benzene rings is 1. The molecule has 1 aromatic carbocycles. The van der Waals surface area contributed by atoms with Gasteiger partial charge in [0.1, 0.15) is 0 Å². The van der Waals surface area contributed by atoms with Crippen molar-refractivity contribution in [2.75, 3.05) is 23.4 Å². The molecule has 2 heterocycles. The van der Waals surface area contributed by atoms with Gasteiger partial charge in [0, 0.05) is 36.7 Å². The number of para-hydroxylation sites is 1. The van der Waals surface area contributed by atoms with E-state index in [9.17, 15) is 0 Å². The third kappa shape index (κ3) is 3.07. The maximum Gasteiger partial charge on any atom is 0.0458 e. The van der Waals surface area contributed by atoms with E-state index < -0.39 is 0 Å². The third-order valence-electron chi connectivity index (χ3n) is 4.48. The summed E-state index contributed by atoms with van der Waals surface area (Å²) < 4.78 is 2.15. The lowest BCUT2D eigenvalue weighted by atomic mass is 10.0. The molecule has 1 fully saturated rings. The van der Waals surface area contributed by atoms with E-state index in [2.05, 4.69) is 71.4 Å². The van der Waals surface area contributed by atoms with E-state index in [-0.39, 0.29) is 0 Å².